The zero-order chi connectivity index (χ0) is 11.0. The number of anilines is 1. The summed E-state index contributed by atoms with van der Waals surface area (Å²) in [6, 6.07) is 9.95. The first-order valence-corrected chi connectivity index (χ1v) is 5.56. The Morgan fingerprint density at radius 2 is 2.06 bits per heavy atom. The van der Waals surface area contributed by atoms with Crippen molar-refractivity contribution >= 4 is 11.6 Å². The van der Waals surface area contributed by atoms with Gasteiger partial charge in [0.1, 0.15) is 6.61 Å². The first kappa shape index (κ1) is 9.81. The minimum Gasteiger partial charge on any atom is -0.365 e. The quantitative estimate of drug-likeness (QED) is 0.741. The van der Waals surface area contributed by atoms with Crippen LogP contribution in [0, 0.1) is 0 Å². The highest BCUT2D eigenvalue weighted by Gasteiger charge is 2.40. The Morgan fingerprint density at radius 1 is 1.25 bits per heavy atom. The molecule has 2 unspecified atom stereocenters. The standard InChI is InChI=1S/C12H14N2O2/c15-12-8-16-11-7-13-6-10(11)14(12)9-4-2-1-3-5-9/h1-5,10-11,13H,6-8H2. The highest BCUT2D eigenvalue weighted by atomic mass is 16.5. The highest BCUT2D eigenvalue weighted by molar-refractivity contribution is 5.95. The van der Waals surface area contributed by atoms with E-state index in [2.05, 4.69) is 5.32 Å². The van der Waals surface area contributed by atoms with Crippen molar-refractivity contribution in [1.82, 2.24) is 5.32 Å². The molecule has 1 amide bonds. The average Bonchev–Trinajstić information content (AvgIpc) is 2.78. The van der Waals surface area contributed by atoms with E-state index in [1.807, 2.05) is 35.2 Å². The number of nitrogens with zero attached hydrogens (tertiary/aromatic N) is 1. The van der Waals surface area contributed by atoms with Gasteiger partial charge in [-0.05, 0) is 12.1 Å². The lowest BCUT2D eigenvalue weighted by molar-refractivity contribution is -0.130. The van der Waals surface area contributed by atoms with E-state index in [0.717, 1.165) is 18.8 Å². The van der Waals surface area contributed by atoms with E-state index >= 15 is 0 Å². The van der Waals surface area contributed by atoms with Crippen molar-refractivity contribution in [3.8, 4) is 0 Å². The van der Waals surface area contributed by atoms with Gasteiger partial charge in [0.25, 0.3) is 5.91 Å². The number of carbonyl (C=O) groups excluding carboxylic acids is 1. The van der Waals surface area contributed by atoms with Crippen LogP contribution in [0.5, 0.6) is 0 Å². The molecule has 2 aliphatic rings. The van der Waals surface area contributed by atoms with Gasteiger partial charge >= 0.3 is 0 Å². The Labute approximate surface area is 94.2 Å². The third-order valence-corrected chi connectivity index (χ3v) is 3.18. The van der Waals surface area contributed by atoms with E-state index in [4.69, 9.17) is 4.74 Å². The van der Waals surface area contributed by atoms with Crippen molar-refractivity contribution in [2.24, 2.45) is 0 Å². The molecular formula is C12H14N2O2. The van der Waals surface area contributed by atoms with E-state index in [1.165, 1.54) is 0 Å². The molecule has 1 aromatic rings. The van der Waals surface area contributed by atoms with Gasteiger partial charge in [-0.2, -0.15) is 0 Å². The third-order valence-electron chi connectivity index (χ3n) is 3.18. The third kappa shape index (κ3) is 1.50. The fraction of sp³-hybridized carbons (Fsp3) is 0.417. The number of hydrogen-bond donors (Lipinski definition) is 1. The molecule has 0 aromatic heterocycles. The van der Waals surface area contributed by atoms with Crippen LogP contribution >= 0.6 is 0 Å². The lowest BCUT2D eigenvalue weighted by Crippen LogP contribution is -2.54. The van der Waals surface area contributed by atoms with Gasteiger partial charge in [0.15, 0.2) is 0 Å². The molecule has 84 valence electrons. The second-order valence-electron chi connectivity index (χ2n) is 4.17. The minimum absolute atomic E-state index is 0.0520. The highest BCUT2D eigenvalue weighted by Crippen LogP contribution is 2.25. The molecule has 2 aliphatic heterocycles. The molecule has 2 heterocycles. The number of benzene rings is 1. The summed E-state index contributed by atoms with van der Waals surface area (Å²) in [5.41, 5.74) is 0.967. The molecule has 0 aliphatic carbocycles. The van der Waals surface area contributed by atoms with Crippen molar-refractivity contribution in [3.63, 3.8) is 0 Å². The summed E-state index contributed by atoms with van der Waals surface area (Å²) >= 11 is 0. The maximum Gasteiger partial charge on any atom is 0.253 e. The first-order chi connectivity index (χ1) is 7.86. The molecule has 2 atom stereocenters. The van der Waals surface area contributed by atoms with Crippen molar-refractivity contribution in [2.75, 3.05) is 24.6 Å². The largest absolute Gasteiger partial charge is 0.365 e. The summed E-state index contributed by atoms with van der Waals surface area (Å²) in [7, 11) is 0. The van der Waals surface area contributed by atoms with Gasteiger partial charge in [-0.1, -0.05) is 18.2 Å². The summed E-state index contributed by atoms with van der Waals surface area (Å²) in [6.07, 6.45) is 0.137. The first-order valence-electron chi connectivity index (χ1n) is 5.56. The van der Waals surface area contributed by atoms with Crippen molar-refractivity contribution < 1.29 is 9.53 Å². The predicted octanol–water partition coefficient (Wildman–Crippen LogP) is 0.390. The van der Waals surface area contributed by atoms with E-state index in [9.17, 15) is 4.79 Å². The van der Waals surface area contributed by atoms with Gasteiger partial charge in [-0.25, -0.2) is 0 Å². The normalized spacial score (nSPS) is 29.2. The molecular weight excluding hydrogens is 204 g/mol. The van der Waals surface area contributed by atoms with Crippen molar-refractivity contribution in [1.29, 1.82) is 0 Å². The number of para-hydroxylation sites is 1. The van der Waals surface area contributed by atoms with Crippen LogP contribution in [0.2, 0.25) is 0 Å². The molecule has 16 heavy (non-hydrogen) atoms. The molecule has 0 saturated carbocycles. The molecule has 4 nitrogen and oxygen atoms in total. The second-order valence-corrected chi connectivity index (χ2v) is 4.17. The lowest BCUT2D eigenvalue weighted by Gasteiger charge is -2.36. The topological polar surface area (TPSA) is 41.6 Å². The Kier molecular flexibility index (Phi) is 2.38. The molecule has 1 N–H and O–H groups in total. The minimum atomic E-state index is 0.0520. The van der Waals surface area contributed by atoms with Gasteiger partial charge < -0.3 is 15.0 Å². The van der Waals surface area contributed by atoms with Crippen LogP contribution < -0.4 is 10.2 Å². The summed E-state index contributed by atoms with van der Waals surface area (Å²) in [6.45, 7) is 1.84. The van der Waals surface area contributed by atoms with Crippen LogP contribution in [-0.4, -0.2) is 37.7 Å². The lowest BCUT2D eigenvalue weighted by atomic mass is 10.1. The predicted molar refractivity (Wildman–Crippen MR) is 60.3 cm³/mol. The SMILES string of the molecule is O=C1COC2CNCC2N1c1ccccc1. The van der Waals surface area contributed by atoms with Crippen LogP contribution in [0.15, 0.2) is 30.3 Å². The number of nitrogens with one attached hydrogen (secondary N) is 1. The van der Waals surface area contributed by atoms with Crippen LogP contribution in [0.25, 0.3) is 0 Å². The maximum absolute atomic E-state index is 11.9. The summed E-state index contributed by atoms with van der Waals surface area (Å²) in [5.74, 6) is 0.0520. The van der Waals surface area contributed by atoms with E-state index in [0.29, 0.717) is 0 Å². The molecule has 3 rings (SSSR count). The molecule has 0 spiro atoms. The molecule has 1 aromatic carbocycles. The molecule has 0 bridgehead atoms. The van der Waals surface area contributed by atoms with Gasteiger partial charge in [-0.3, -0.25) is 4.79 Å². The maximum atomic E-state index is 11.9. The van der Waals surface area contributed by atoms with E-state index in [1.54, 1.807) is 0 Å². The fourth-order valence-corrected chi connectivity index (χ4v) is 2.43. The smallest absolute Gasteiger partial charge is 0.253 e. The molecule has 2 fully saturated rings. The van der Waals surface area contributed by atoms with Gasteiger partial charge in [0, 0.05) is 18.8 Å². The number of ether oxygens (including phenoxy) is 1. The number of amides is 1. The summed E-state index contributed by atoms with van der Waals surface area (Å²) < 4.78 is 5.51. The molecule has 0 radical (unpaired) electrons. The van der Waals surface area contributed by atoms with E-state index in [-0.39, 0.29) is 24.7 Å². The summed E-state index contributed by atoms with van der Waals surface area (Å²) in [5, 5.41) is 3.27. The van der Waals surface area contributed by atoms with Crippen LogP contribution in [0.4, 0.5) is 5.69 Å². The number of hydrogen-bond acceptors (Lipinski definition) is 3. The zero-order valence-electron chi connectivity index (χ0n) is 8.93. The monoisotopic (exact) mass is 218 g/mol. The second kappa shape index (κ2) is 3.88. The zero-order valence-corrected chi connectivity index (χ0v) is 8.93. The van der Waals surface area contributed by atoms with Crippen LogP contribution in [0.1, 0.15) is 0 Å². The number of carbonyl (C=O) groups is 1. The number of morpholine rings is 1. The Hall–Kier alpha value is -1.39. The van der Waals surface area contributed by atoms with Gasteiger partial charge in [0.05, 0.1) is 12.1 Å². The Morgan fingerprint density at radius 3 is 2.88 bits per heavy atom. The van der Waals surface area contributed by atoms with Crippen molar-refractivity contribution in [2.45, 2.75) is 12.1 Å². The molecule has 2 saturated heterocycles. The van der Waals surface area contributed by atoms with Gasteiger partial charge in [-0.15, -0.1) is 0 Å². The van der Waals surface area contributed by atoms with Crippen LogP contribution in [0.3, 0.4) is 0 Å². The number of rotatable bonds is 1. The van der Waals surface area contributed by atoms with E-state index < -0.39 is 0 Å². The van der Waals surface area contributed by atoms with Gasteiger partial charge in [0.2, 0.25) is 0 Å². The van der Waals surface area contributed by atoms with Crippen molar-refractivity contribution in [3.05, 3.63) is 30.3 Å². The molecule has 4 heteroatoms. The Bertz CT molecular complexity index is 393. The fourth-order valence-electron chi connectivity index (χ4n) is 2.43. The Balaban J connectivity index is 1.94. The average molecular weight is 218 g/mol. The summed E-state index contributed by atoms with van der Waals surface area (Å²) in [4.78, 5) is 13.8. The number of fused-ring (bicyclic) bond motifs is 1. The van der Waals surface area contributed by atoms with Crippen LogP contribution in [-0.2, 0) is 9.53 Å².